The second-order valence-corrected chi connectivity index (χ2v) is 11.4. The molecule has 6 heteroatoms. The van der Waals surface area contributed by atoms with Crippen LogP contribution >= 0.6 is 11.3 Å². The molecule has 2 heterocycles. The van der Waals surface area contributed by atoms with Crippen molar-refractivity contribution < 1.29 is 14.3 Å². The summed E-state index contributed by atoms with van der Waals surface area (Å²) >= 11 is 1.74. The van der Waals surface area contributed by atoms with Crippen LogP contribution in [-0.2, 0) is 16.6 Å². The van der Waals surface area contributed by atoms with Crippen LogP contribution in [0.4, 0.5) is 0 Å². The van der Waals surface area contributed by atoms with Crippen molar-refractivity contribution in [2.24, 2.45) is 0 Å². The van der Waals surface area contributed by atoms with Crippen LogP contribution < -0.4 is 4.74 Å². The smallest absolute Gasteiger partial charge is 0.254 e. The van der Waals surface area contributed by atoms with Crippen LogP contribution in [0.25, 0.3) is 0 Å². The molecule has 4 rings (SSSR count). The summed E-state index contributed by atoms with van der Waals surface area (Å²) in [6.45, 7) is 9.74. The van der Waals surface area contributed by atoms with E-state index in [0.29, 0.717) is 18.7 Å². The van der Waals surface area contributed by atoms with E-state index in [1.54, 1.807) is 23.3 Å². The molecule has 0 spiro atoms. The van der Waals surface area contributed by atoms with Gasteiger partial charge in [-0.15, -0.1) is 11.3 Å². The molecule has 0 N–H and O–H groups in total. The number of thiophene rings is 1. The maximum absolute atomic E-state index is 13.8. The van der Waals surface area contributed by atoms with Gasteiger partial charge in [0.15, 0.2) is 0 Å². The second kappa shape index (κ2) is 10.9. The van der Waals surface area contributed by atoms with Gasteiger partial charge < -0.3 is 14.5 Å². The molecule has 0 radical (unpaired) electrons. The van der Waals surface area contributed by atoms with Gasteiger partial charge in [0.2, 0.25) is 5.91 Å². The summed E-state index contributed by atoms with van der Waals surface area (Å²) in [6.07, 6.45) is 1.62. The lowest BCUT2D eigenvalue weighted by atomic mass is 9.86. The number of benzene rings is 2. The number of carbonyl (C=O) groups is 2. The fourth-order valence-electron chi connectivity index (χ4n) is 4.80. The van der Waals surface area contributed by atoms with Gasteiger partial charge in [-0.2, -0.15) is 0 Å². The predicted octanol–water partition coefficient (Wildman–Crippen LogP) is 6.08. The third-order valence-corrected chi connectivity index (χ3v) is 7.82. The first kappa shape index (κ1) is 26.0. The molecule has 1 aromatic heterocycles. The highest BCUT2D eigenvalue weighted by molar-refractivity contribution is 7.10. The first-order valence-electron chi connectivity index (χ1n) is 12.6. The zero-order valence-corrected chi connectivity index (χ0v) is 22.7. The van der Waals surface area contributed by atoms with Crippen molar-refractivity contribution in [3.05, 3.63) is 87.1 Å². The minimum Gasteiger partial charge on any atom is -0.497 e. The maximum Gasteiger partial charge on any atom is 0.254 e. The molecule has 1 aliphatic rings. The number of amides is 2. The van der Waals surface area contributed by atoms with E-state index in [1.165, 1.54) is 16.0 Å². The van der Waals surface area contributed by atoms with E-state index in [0.717, 1.165) is 24.2 Å². The summed E-state index contributed by atoms with van der Waals surface area (Å²) in [4.78, 5) is 32.1. The highest BCUT2D eigenvalue weighted by atomic mass is 32.1. The zero-order chi connectivity index (χ0) is 25.9. The highest BCUT2D eigenvalue weighted by Crippen LogP contribution is 2.38. The normalized spacial score (nSPS) is 15.4. The fraction of sp³-hybridized carbons (Fsp3) is 0.400. The van der Waals surface area contributed by atoms with Crippen molar-refractivity contribution >= 4 is 23.2 Å². The Hall–Kier alpha value is -3.12. The van der Waals surface area contributed by atoms with E-state index >= 15 is 0 Å². The van der Waals surface area contributed by atoms with Crippen LogP contribution in [0.5, 0.6) is 5.75 Å². The number of rotatable bonds is 7. The number of carbonyl (C=O) groups excluding carboxylic acids is 2. The van der Waals surface area contributed by atoms with Crippen LogP contribution in [0, 0.1) is 0 Å². The topological polar surface area (TPSA) is 49.9 Å². The van der Waals surface area contributed by atoms with Crippen LogP contribution in [-0.4, -0.2) is 48.4 Å². The number of hydrogen-bond donors (Lipinski definition) is 0. The minimum atomic E-state index is -0.164. The first-order valence-corrected chi connectivity index (χ1v) is 13.5. The molecule has 0 bridgehead atoms. The van der Waals surface area contributed by atoms with Gasteiger partial charge in [-0.05, 0) is 70.7 Å². The van der Waals surface area contributed by atoms with E-state index in [9.17, 15) is 9.59 Å². The summed E-state index contributed by atoms with van der Waals surface area (Å²) in [5.74, 6) is 0.663. The monoisotopic (exact) mass is 504 g/mol. The Morgan fingerprint density at radius 2 is 1.75 bits per heavy atom. The average Bonchev–Trinajstić information content (AvgIpc) is 3.36. The Balaban J connectivity index is 1.58. The van der Waals surface area contributed by atoms with Gasteiger partial charge in [0.05, 0.1) is 13.2 Å². The van der Waals surface area contributed by atoms with Crippen LogP contribution in [0.3, 0.4) is 0 Å². The van der Waals surface area contributed by atoms with E-state index in [1.807, 2.05) is 60.4 Å². The van der Waals surface area contributed by atoms with E-state index in [4.69, 9.17) is 4.74 Å². The lowest BCUT2D eigenvalue weighted by Gasteiger charge is -2.37. The predicted molar refractivity (Wildman–Crippen MR) is 146 cm³/mol. The van der Waals surface area contributed by atoms with Crippen molar-refractivity contribution in [1.82, 2.24) is 9.80 Å². The fourth-order valence-corrected chi connectivity index (χ4v) is 5.71. The number of ether oxygens (including phenoxy) is 1. The van der Waals surface area contributed by atoms with Crippen LogP contribution in [0.1, 0.15) is 72.1 Å². The van der Waals surface area contributed by atoms with Crippen molar-refractivity contribution in [2.75, 3.05) is 26.7 Å². The van der Waals surface area contributed by atoms with Gasteiger partial charge in [0.1, 0.15) is 12.3 Å². The van der Waals surface area contributed by atoms with Crippen molar-refractivity contribution in [3.8, 4) is 5.75 Å². The SMILES string of the molecule is CCCN(CC(=O)N1CCc2sccc2C1c1ccc(OC)cc1)C(=O)c1ccc(C(C)(C)C)cc1. The molecule has 5 nitrogen and oxygen atoms in total. The minimum absolute atomic E-state index is 0.0197. The molecule has 0 aliphatic carbocycles. The number of hydrogen-bond acceptors (Lipinski definition) is 4. The number of fused-ring (bicyclic) bond motifs is 1. The molecule has 1 unspecified atom stereocenters. The Morgan fingerprint density at radius 1 is 1.06 bits per heavy atom. The second-order valence-electron chi connectivity index (χ2n) is 10.4. The third kappa shape index (κ3) is 5.49. The lowest BCUT2D eigenvalue weighted by Crippen LogP contribution is -2.47. The number of methoxy groups -OCH3 is 1. The summed E-state index contributed by atoms with van der Waals surface area (Å²) in [5.41, 5.74) is 4.05. The Kier molecular flexibility index (Phi) is 7.84. The molecule has 0 saturated heterocycles. The van der Waals surface area contributed by atoms with E-state index in [2.05, 4.69) is 32.2 Å². The Labute approximate surface area is 218 Å². The third-order valence-electron chi connectivity index (χ3n) is 6.82. The van der Waals surface area contributed by atoms with E-state index in [-0.39, 0.29) is 29.8 Å². The van der Waals surface area contributed by atoms with E-state index < -0.39 is 0 Å². The molecular weight excluding hydrogens is 468 g/mol. The van der Waals surface area contributed by atoms with Crippen molar-refractivity contribution in [1.29, 1.82) is 0 Å². The molecule has 2 amide bonds. The first-order chi connectivity index (χ1) is 17.2. The average molecular weight is 505 g/mol. The quantitative estimate of drug-likeness (QED) is 0.392. The lowest BCUT2D eigenvalue weighted by molar-refractivity contribution is -0.134. The highest BCUT2D eigenvalue weighted by Gasteiger charge is 2.34. The Bertz CT molecular complexity index is 1190. The van der Waals surface area contributed by atoms with Gasteiger partial charge in [0.25, 0.3) is 5.91 Å². The van der Waals surface area contributed by atoms with Crippen LogP contribution in [0.2, 0.25) is 0 Å². The summed E-state index contributed by atoms with van der Waals surface area (Å²) in [6, 6.07) is 17.7. The number of nitrogens with zero attached hydrogens (tertiary/aromatic N) is 2. The maximum atomic E-state index is 13.8. The zero-order valence-electron chi connectivity index (χ0n) is 21.9. The summed E-state index contributed by atoms with van der Waals surface area (Å²) in [5, 5.41) is 2.10. The molecule has 0 saturated carbocycles. The van der Waals surface area contributed by atoms with Gasteiger partial charge in [-0.3, -0.25) is 9.59 Å². The summed E-state index contributed by atoms with van der Waals surface area (Å²) in [7, 11) is 1.65. The largest absolute Gasteiger partial charge is 0.497 e. The van der Waals surface area contributed by atoms with Gasteiger partial charge >= 0.3 is 0 Å². The van der Waals surface area contributed by atoms with Crippen molar-refractivity contribution in [3.63, 3.8) is 0 Å². The van der Waals surface area contributed by atoms with Crippen LogP contribution in [0.15, 0.2) is 60.0 Å². The molecule has 0 fully saturated rings. The summed E-state index contributed by atoms with van der Waals surface area (Å²) < 4.78 is 5.34. The van der Waals surface area contributed by atoms with Gasteiger partial charge in [0, 0.05) is 23.5 Å². The molecule has 1 aliphatic heterocycles. The van der Waals surface area contributed by atoms with Gasteiger partial charge in [-0.25, -0.2) is 0 Å². The molecule has 190 valence electrons. The Morgan fingerprint density at radius 3 is 2.36 bits per heavy atom. The molecular formula is C30H36N2O3S. The molecule has 1 atom stereocenters. The molecule has 3 aromatic rings. The molecule has 2 aromatic carbocycles. The van der Waals surface area contributed by atoms with Crippen molar-refractivity contribution in [2.45, 2.75) is 52.0 Å². The molecule has 36 heavy (non-hydrogen) atoms. The standard InChI is InChI=1S/C30H36N2O3S/c1-6-17-31(29(34)22-7-11-23(12-8-22)30(2,3)4)20-27(33)32-18-15-26-25(16-19-36-26)28(32)21-9-13-24(35-5)14-10-21/h7-14,16,19,28H,6,15,17-18,20H2,1-5H3. The van der Waals surface area contributed by atoms with Gasteiger partial charge in [-0.1, -0.05) is 52.0 Å².